The molecule has 4 saturated heterocycles. The average Bonchev–Trinajstić information content (AvgIpc) is 3.81. The normalized spacial score (nSPS) is 19.6. The molecule has 5 aromatic rings. The molecule has 19 nitrogen and oxygen atoms in total. The number of imide groups is 1. The number of nitrogens with one attached hydrogen (secondary N) is 3. The molecule has 0 saturated carbocycles. The maximum atomic E-state index is 15.2. The van der Waals surface area contributed by atoms with E-state index >= 15 is 4.39 Å². The molecule has 4 aliphatic heterocycles. The topological polar surface area (TPSA) is 224 Å². The van der Waals surface area contributed by atoms with Gasteiger partial charge in [0, 0.05) is 71.0 Å². The Morgan fingerprint density at radius 1 is 0.913 bits per heavy atom. The van der Waals surface area contributed by atoms with Crippen molar-refractivity contribution in [2.75, 3.05) is 80.5 Å². The monoisotopic (exact) mass is 965 g/mol. The highest BCUT2D eigenvalue weighted by molar-refractivity contribution is 7.90. The minimum Gasteiger partial charge on any atom is -0.496 e. The summed E-state index contributed by atoms with van der Waals surface area (Å²) in [4.78, 5) is 67.0. The Bertz CT molecular complexity index is 3010. The molecule has 69 heavy (non-hydrogen) atoms. The molecule has 6 heterocycles. The summed E-state index contributed by atoms with van der Waals surface area (Å²) in [6.45, 7) is 5.46. The summed E-state index contributed by atoms with van der Waals surface area (Å²) in [6.07, 6.45) is 4.07. The van der Waals surface area contributed by atoms with E-state index in [9.17, 15) is 37.2 Å². The lowest BCUT2D eigenvalue weighted by Gasteiger charge is -2.39. The first-order valence-corrected chi connectivity index (χ1v) is 24.1. The number of hydrogen-bond acceptors (Lipinski definition) is 14. The van der Waals surface area contributed by atoms with Gasteiger partial charge < -0.3 is 24.6 Å². The number of piperidine rings is 2. The van der Waals surface area contributed by atoms with E-state index in [-0.39, 0.29) is 55.1 Å². The van der Waals surface area contributed by atoms with Crippen LogP contribution in [0.2, 0.25) is 0 Å². The second-order valence-electron chi connectivity index (χ2n) is 17.4. The quantitative estimate of drug-likeness (QED) is 0.143. The number of ether oxygens (including phenoxy) is 2. The summed E-state index contributed by atoms with van der Waals surface area (Å²) >= 11 is 0. The van der Waals surface area contributed by atoms with Crippen LogP contribution in [0.1, 0.15) is 48.0 Å². The van der Waals surface area contributed by atoms with Gasteiger partial charge >= 0.3 is 10.2 Å². The minimum absolute atomic E-state index is 0.00628. The highest BCUT2D eigenvalue weighted by Gasteiger charge is 2.33. The first kappa shape index (κ1) is 46.9. The number of benzene rings is 3. The standard InChI is InChI=1S/C47H49F2N11O8S/c1-67-41-9-2-31(22-35(41)45(62)53-40-8-11-43(61)54-46(40)63)57-15-12-29(13-16-57)26-56-18-20-58(21-19-56)42-10-3-32(25-51-42)60-28-52-38-6-4-33(23-34(38)47(60)64)68-44-36(24-50)39(7-5-37(44)49)55-69(65,66)59-17-14-30(48)27-59/h2-7,9-10,22-23,25,28-30,40,55H,8,11-21,26-27H2,1H3,(H,53,62)(H,54,61,63)/t30-,40?/m1/s1. The van der Waals surface area contributed by atoms with Gasteiger partial charge in [-0.15, -0.1) is 0 Å². The Kier molecular flexibility index (Phi) is 13.4. The summed E-state index contributed by atoms with van der Waals surface area (Å²) in [5, 5.41) is 15.1. The van der Waals surface area contributed by atoms with E-state index in [0.29, 0.717) is 28.4 Å². The predicted molar refractivity (Wildman–Crippen MR) is 250 cm³/mol. The van der Waals surface area contributed by atoms with Gasteiger partial charge in [0.1, 0.15) is 47.5 Å². The molecular weight excluding hydrogens is 917 g/mol. The fourth-order valence-corrected chi connectivity index (χ4v) is 10.5. The number of nitriles is 1. The Morgan fingerprint density at radius 2 is 1.70 bits per heavy atom. The third kappa shape index (κ3) is 10.2. The van der Waals surface area contributed by atoms with Crippen molar-refractivity contribution in [2.45, 2.75) is 44.3 Å². The van der Waals surface area contributed by atoms with Gasteiger partial charge in [-0.05, 0) is 92.3 Å². The number of alkyl halides is 1. The van der Waals surface area contributed by atoms with Crippen molar-refractivity contribution in [1.82, 2.24) is 34.4 Å². The fraction of sp³-hybridized carbons (Fsp3) is 0.383. The van der Waals surface area contributed by atoms with Crippen LogP contribution in [0.25, 0.3) is 16.6 Å². The minimum atomic E-state index is -4.25. The first-order chi connectivity index (χ1) is 33.3. The number of rotatable bonds is 13. The second kappa shape index (κ2) is 19.8. The zero-order chi connectivity index (χ0) is 48.4. The second-order valence-corrected chi connectivity index (χ2v) is 19.1. The van der Waals surface area contributed by atoms with Gasteiger partial charge in [-0.2, -0.15) is 18.0 Å². The Hall–Kier alpha value is -7.22. The maximum Gasteiger partial charge on any atom is 0.301 e. The van der Waals surface area contributed by atoms with E-state index in [1.54, 1.807) is 30.5 Å². The van der Waals surface area contributed by atoms with Crippen molar-refractivity contribution in [3.05, 3.63) is 100 Å². The summed E-state index contributed by atoms with van der Waals surface area (Å²) in [5.74, 6) is -1.16. The Labute approximate surface area is 395 Å². The molecule has 4 fully saturated rings. The summed E-state index contributed by atoms with van der Waals surface area (Å²) < 4.78 is 70.5. The number of pyridine rings is 1. The van der Waals surface area contributed by atoms with Crippen molar-refractivity contribution in [1.29, 1.82) is 5.26 Å². The van der Waals surface area contributed by atoms with Gasteiger partial charge in [0.15, 0.2) is 11.6 Å². The molecule has 4 aliphatic rings. The number of fused-ring (bicyclic) bond motifs is 1. The number of hydrogen-bond donors (Lipinski definition) is 3. The Morgan fingerprint density at radius 3 is 2.39 bits per heavy atom. The molecule has 0 radical (unpaired) electrons. The molecule has 0 spiro atoms. The van der Waals surface area contributed by atoms with Crippen LogP contribution in [0.15, 0.2) is 78.0 Å². The highest BCUT2D eigenvalue weighted by Crippen LogP contribution is 2.35. The lowest BCUT2D eigenvalue weighted by atomic mass is 9.95. The number of nitrogens with zero attached hydrogens (tertiary/aromatic N) is 8. The van der Waals surface area contributed by atoms with Crippen LogP contribution in [0.4, 0.5) is 26.0 Å². The zero-order valence-corrected chi connectivity index (χ0v) is 38.4. The zero-order valence-electron chi connectivity index (χ0n) is 37.6. The van der Waals surface area contributed by atoms with E-state index in [0.717, 1.165) is 86.6 Å². The van der Waals surface area contributed by atoms with Gasteiger partial charge in [0.25, 0.3) is 11.5 Å². The number of methoxy groups -OCH3 is 1. The molecule has 3 N–H and O–H groups in total. The summed E-state index contributed by atoms with van der Waals surface area (Å²) in [6, 6.07) is 16.5. The SMILES string of the molecule is COc1ccc(N2CCC(CN3CCN(c4ccc(-n5cnc6ccc(Oc7c(F)ccc(NS(=O)(=O)N8CC[C@@H](F)C8)c7C#N)cc6c5=O)cn4)CC3)CC2)cc1C(=O)NC1CCC(=O)NC1=O. The lowest BCUT2D eigenvalue weighted by Crippen LogP contribution is -2.52. The number of piperazine rings is 1. The molecule has 2 aromatic heterocycles. The molecule has 0 aliphatic carbocycles. The van der Waals surface area contributed by atoms with E-state index in [1.807, 2.05) is 12.1 Å². The van der Waals surface area contributed by atoms with Gasteiger partial charge in [-0.25, -0.2) is 18.7 Å². The number of carbonyl (C=O) groups is 3. The van der Waals surface area contributed by atoms with E-state index in [4.69, 9.17) is 9.47 Å². The molecule has 3 amide bonds. The number of halogens is 2. The van der Waals surface area contributed by atoms with Crippen molar-refractivity contribution in [3.63, 3.8) is 0 Å². The molecule has 22 heteroatoms. The molecule has 2 atom stereocenters. The van der Waals surface area contributed by atoms with Crippen LogP contribution >= 0.6 is 0 Å². The van der Waals surface area contributed by atoms with Gasteiger partial charge in [-0.3, -0.25) is 38.7 Å². The van der Waals surface area contributed by atoms with Gasteiger partial charge in [0.05, 0.1) is 41.1 Å². The van der Waals surface area contributed by atoms with Crippen LogP contribution in [0, 0.1) is 23.1 Å². The van der Waals surface area contributed by atoms with E-state index in [1.165, 1.54) is 36.2 Å². The first-order valence-electron chi connectivity index (χ1n) is 22.6. The lowest BCUT2D eigenvalue weighted by molar-refractivity contribution is -0.134. The molecule has 360 valence electrons. The van der Waals surface area contributed by atoms with E-state index in [2.05, 4.69) is 40.0 Å². The van der Waals surface area contributed by atoms with Crippen LogP contribution < -0.4 is 40.2 Å². The van der Waals surface area contributed by atoms with Gasteiger partial charge in [0.2, 0.25) is 11.8 Å². The summed E-state index contributed by atoms with van der Waals surface area (Å²) in [5.41, 5.74) is 0.870. The van der Waals surface area contributed by atoms with E-state index < -0.39 is 56.9 Å². The molecule has 0 bridgehead atoms. The third-order valence-electron chi connectivity index (χ3n) is 13.0. The number of carbonyl (C=O) groups excluding carboxylic acids is 3. The third-order valence-corrected chi connectivity index (χ3v) is 14.5. The molecular formula is C47H49F2N11O8S. The Balaban J connectivity index is 0.790. The molecule has 1 unspecified atom stereocenters. The maximum absolute atomic E-state index is 15.2. The summed E-state index contributed by atoms with van der Waals surface area (Å²) in [7, 11) is -2.76. The number of amides is 3. The highest BCUT2D eigenvalue weighted by atomic mass is 32.2. The van der Waals surface area contributed by atoms with Crippen molar-refractivity contribution < 1.29 is 41.1 Å². The van der Waals surface area contributed by atoms with Crippen molar-refractivity contribution in [2.24, 2.45) is 5.92 Å². The number of aromatic nitrogens is 3. The van der Waals surface area contributed by atoms with Gasteiger partial charge in [-0.1, -0.05) is 0 Å². The molecule has 3 aromatic carbocycles. The van der Waals surface area contributed by atoms with Crippen LogP contribution in [-0.2, 0) is 19.8 Å². The smallest absolute Gasteiger partial charge is 0.301 e. The largest absolute Gasteiger partial charge is 0.496 e. The van der Waals surface area contributed by atoms with Crippen LogP contribution in [0.3, 0.4) is 0 Å². The van der Waals surface area contributed by atoms with Crippen LogP contribution in [-0.4, -0.2) is 128 Å². The van der Waals surface area contributed by atoms with Crippen LogP contribution in [0.5, 0.6) is 17.2 Å². The number of anilines is 3. The fourth-order valence-electron chi connectivity index (χ4n) is 9.17. The van der Waals surface area contributed by atoms with Crippen molar-refractivity contribution >= 4 is 56.0 Å². The average molecular weight is 966 g/mol. The predicted octanol–water partition coefficient (Wildman–Crippen LogP) is 3.87. The molecule has 9 rings (SSSR count). The van der Waals surface area contributed by atoms with Crippen molar-refractivity contribution in [3.8, 4) is 29.0 Å².